The molecule has 0 aliphatic carbocycles. The molecule has 0 aliphatic rings. The van der Waals surface area contributed by atoms with Gasteiger partial charge in [0.05, 0.1) is 10.7 Å². The number of benzene rings is 1. The van der Waals surface area contributed by atoms with Gasteiger partial charge in [0, 0.05) is 15.4 Å². The molecule has 2 aromatic rings. The average molecular weight is 282 g/mol. The van der Waals surface area contributed by atoms with Gasteiger partial charge < -0.3 is 0 Å². The molecular weight excluding hydrogens is 270 g/mol. The zero-order valence-electron chi connectivity index (χ0n) is 8.53. The molecule has 1 heterocycles. The van der Waals surface area contributed by atoms with Gasteiger partial charge in [0.25, 0.3) is 0 Å². The molecule has 0 saturated carbocycles. The van der Waals surface area contributed by atoms with Crippen molar-refractivity contribution in [2.75, 3.05) is 0 Å². The van der Waals surface area contributed by atoms with E-state index in [0.717, 1.165) is 23.0 Å². The normalized spacial score (nSPS) is 10.5. The van der Waals surface area contributed by atoms with Crippen molar-refractivity contribution in [3.63, 3.8) is 0 Å². The fourth-order valence-electron chi connectivity index (χ4n) is 1.39. The van der Waals surface area contributed by atoms with Crippen molar-refractivity contribution >= 4 is 27.3 Å². The Labute approximate surface area is 102 Å². The maximum absolute atomic E-state index is 4.60. The smallest absolute Gasteiger partial charge is 0.0932 e. The SMILES string of the molecule is CCCc1nc(-c2ccc(Br)cc2)cs1. The van der Waals surface area contributed by atoms with Gasteiger partial charge in [-0.1, -0.05) is 35.0 Å². The van der Waals surface area contributed by atoms with Gasteiger partial charge >= 0.3 is 0 Å². The summed E-state index contributed by atoms with van der Waals surface area (Å²) >= 11 is 5.18. The van der Waals surface area contributed by atoms with E-state index in [1.807, 2.05) is 12.1 Å². The predicted octanol–water partition coefficient (Wildman–Crippen LogP) is 4.53. The first-order valence-corrected chi connectivity index (χ1v) is 6.67. The second-order valence-electron chi connectivity index (χ2n) is 3.38. The van der Waals surface area contributed by atoms with E-state index in [-0.39, 0.29) is 0 Å². The van der Waals surface area contributed by atoms with Gasteiger partial charge in [-0.15, -0.1) is 11.3 Å². The minimum atomic E-state index is 1.08. The van der Waals surface area contributed by atoms with Gasteiger partial charge in [-0.25, -0.2) is 4.98 Å². The lowest BCUT2D eigenvalue weighted by atomic mass is 10.2. The minimum Gasteiger partial charge on any atom is -0.241 e. The highest BCUT2D eigenvalue weighted by molar-refractivity contribution is 9.10. The lowest BCUT2D eigenvalue weighted by Gasteiger charge is -1.96. The summed E-state index contributed by atoms with van der Waals surface area (Å²) in [5.74, 6) is 0. The molecule has 3 heteroatoms. The number of aromatic nitrogens is 1. The van der Waals surface area contributed by atoms with Crippen molar-refractivity contribution in [1.82, 2.24) is 4.98 Å². The number of nitrogens with zero attached hydrogens (tertiary/aromatic N) is 1. The van der Waals surface area contributed by atoms with Crippen molar-refractivity contribution < 1.29 is 0 Å². The first-order chi connectivity index (χ1) is 7.29. The summed E-state index contributed by atoms with van der Waals surface area (Å²) in [5.41, 5.74) is 2.28. The Morgan fingerprint density at radius 1 is 1.27 bits per heavy atom. The molecule has 0 atom stereocenters. The third kappa shape index (κ3) is 2.67. The monoisotopic (exact) mass is 281 g/mol. The molecule has 1 aromatic carbocycles. The Hall–Kier alpha value is -0.670. The van der Waals surface area contributed by atoms with Gasteiger partial charge in [0.1, 0.15) is 0 Å². The molecule has 0 saturated heterocycles. The van der Waals surface area contributed by atoms with Crippen LogP contribution in [0.5, 0.6) is 0 Å². The fraction of sp³-hybridized carbons (Fsp3) is 0.250. The fourth-order valence-corrected chi connectivity index (χ4v) is 2.57. The van der Waals surface area contributed by atoms with Crippen LogP contribution < -0.4 is 0 Å². The topological polar surface area (TPSA) is 12.9 Å². The maximum atomic E-state index is 4.60. The van der Waals surface area contributed by atoms with Crippen molar-refractivity contribution in [3.05, 3.63) is 39.1 Å². The molecule has 0 bridgehead atoms. The molecule has 0 unspecified atom stereocenters. The average Bonchev–Trinajstić information content (AvgIpc) is 2.68. The number of rotatable bonds is 3. The largest absolute Gasteiger partial charge is 0.241 e. The third-order valence-electron chi connectivity index (χ3n) is 2.16. The molecule has 78 valence electrons. The summed E-state index contributed by atoms with van der Waals surface area (Å²) in [6, 6.07) is 8.28. The highest BCUT2D eigenvalue weighted by atomic mass is 79.9. The van der Waals surface area contributed by atoms with E-state index < -0.39 is 0 Å². The van der Waals surface area contributed by atoms with E-state index in [1.54, 1.807) is 11.3 Å². The van der Waals surface area contributed by atoms with E-state index in [4.69, 9.17) is 0 Å². The molecule has 0 fully saturated rings. The van der Waals surface area contributed by atoms with Crippen LogP contribution in [-0.4, -0.2) is 4.98 Å². The quantitative estimate of drug-likeness (QED) is 0.806. The Kier molecular flexibility index (Phi) is 3.54. The number of halogens is 1. The van der Waals surface area contributed by atoms with Gasteiger partial charge in [0.2, 0.25) is 0 Å². The van der Waals surface area contributed by atoms with Crippen LogP contribution in [0.4, 0.5) is 0 Å². The summed E-state index contributed by atoms with van der Waals surface area (Å²) < 4.78 is 1.11. The van der Waals surface area contributed by atoms with Crippen LogP contribution in [0, 0.1) is 0 Å². The second-order valence-corrected chi connectivity index (χ2v) is 5.24. The summed E-state index contributed by atoms with van der Waals surface area (Å²) in [6.45, 7) is 2.18. The Balaban J connectivity index is 2.25. The van der Waals surface area contributed by atoms with Crippen molar-refractivity contribution in [1.29, 1.82) is 0 Å². The van der Waals surface area contributed by atoms with Crippen LogP contribution in [0.25, 0.3) is 11.3 Å². The second kappa shape index (κ2) is 4.90. The van der Waals surface area contributed by atoms with E-state index in [9.17, 15) is 0 Å². The van der Waals surface area contributed by atoms with Crippen molar-refractivity contribution in [2.45, 2.75) is 19.8 Å². The lowest BCUT2D eigenvalue weighted by Crippen LogP contribution is -1.82. The maximum Gasteiger partial charge on any atom is 0.0932 e. The van der Waals surface area contributed by atoms with Crippen molar-refractivity contribution in [2.24, 2.45) is 0 Å². The van der Waals surface area contributed by atoms with Crippen LogP contribution in [0.2, 0.25) is 0 Å². The number of aryl methyl sites for hydroxylation is 1. The molecule has 1 aromatic heterocycles. The minimum absolute atomic E-state index is 1.08. The van der Waals surface area contributed by atoms with Crippen molar-refractivity contribution in [3.8, 4) is 11.3 Å². The summed E-state index contributed by atoms with van der Waals surface area (Å²) in [6.07, 6.45) is 2.24. The molecule has 2 rings (SSSR count). The molecular formula is C12H12BrNS. The zero-order valence-corrected chi connectivity index (χ0v) is 10.9. The highest BCUT2D eigenvalue weighted by Crippen LogP contribution is 2.24. The predicted molar refractivity (Wildman–Crippen MR) is 69.2 cm³/mol. The zero-order chi connectivity index (χ0) is 10.7. The van der Waals surface area contributed by atoms with Gasteiger partial charge in [-0.3, -0.25) is 0 Å². The molecule has 0 N–H and O–H groups in total. The van der Waals surface area contributed by atoms with Crippen LogP contribution >= 0.6 is 27.3 Å². The summed E-state index contributed by atoms with van der Waals surface area (Å²) in [4.78, 5) is 4.60. The number of hydrogen-bond acceptors (Lipinski definition) is 2. The first kappa shape index (κ1) is 10.8. The summed E-state index contributed by atoms with van der Waals surface area (Å²) in [5, 5.41) is 3.37. The molecule has 0 aliphatic heterocycles. The van der Waals surface area contributed by atoms with Crippen LogP contribution in [0.1, 0.15) is 18.4 Å². The highest BCUT2D eigenvalue weighted by Gasteiger charge is 2.03. The van der Waals surface area contributed by atoms with E-state index in [0.29, 0.717) is 0 Å². The summed E-state index contributed by atoms with van der Waals surface area (Å²) in [7, 11) is 0. The number of thiazole rings is 1. The van der Waals surface area contributed by atoms with E-state index >= 15 is 0 Å². The third-order valence-corrected chi connectivity index (χ3v) is 3.59. The Morgan fingerprint density at radius 3 is 2.67 bits per heavy atom. The molecule has 0 amide bonds. The first-order valence-electron chi connectivity index (χ1n) is 5.00. The lowest BCUT2D eigenvalue weighted by molar-refractivity contribution is 0.910. The Bertz CT molecular complexity index is 433. The number of hydrogen-bond donors (Lipinski definition) is 0. The molecule has 15 heavy (non-hydrogen) atoms. The molecule has 1 nitrogen and oxygen atoms in total. The standard InChI is InChI=1S/C12H12BrNS/c1-2-3-12-14-11(8-15-12)9-4-6-10(13)7-5-9/h4-8H,2-3H2,1H3. The molecule has 0 spiro atoms. The van der Waals surface area contributed by atoms with Gasteiger partial charge in [0.15, 0.2) is 0 Å². The van der Waals surface area contributed by atoms with Crippen LogP contribution in [-0.2, 0) is 6.42 Å². The molecule has 0 radical (unpaired) electrons. The van der Waals surface area contributed by atoms with Gasteiger partial charge in [-0.05, 0) is 25.0 Å². The Morgan fingerprint density at radius 2 is 2.00 bits per heavy atom. The van der Waals surface area contributed by atoms with Crippen LogP contribution in [0.15, 0.2) is 34.1 Å². The van der Waals surface area contributed by atoms with Crippen LogP contribution in [0.3, 0.4) is 0 Å². The van der Waals surface area contributed by atoms with E-state index in [1.165, 1.54) is 10.6 Å². The van der Waals surface area contributed by atoms with E-state index in [2.05, 4.69) is 45.4 Å². The van der Waals surface area contributed by atoms with Gasteiger partial charge in [-0.2, -0.15) is 0 Å².